The Morgan fingerprint density at radius 2 is 2.25 bits per heavy atom. The van der Waals surface area contributed by atoms with Gasteiger partial charge in [-0.3, -0.25) is 4.79 Å². The van der Waals surface area contributed by atoms with Crippen LogP contribution in [0, 0.1) is 0 Å². The Morgan fingerprint density at radius 3 is 2.92 bits per heavy atom. The lowest BCUT2D eigenvalue weighted by atomic mass is 10.0. The van der Waals surface area contributed by atoms with Crippen molar-refractivity contribution in [3.05, 3.63) is 17.5 Å². The van der Waals surface area contributed by atoms with Crippen molar-refractivity contribution >= 4 is 27.3 Å². The molecule has 1 amide bonds. The highest BCUT2D eigenvalue weighted by molar-refractivity contribution is 7.91. The van der Waals surface area contributed by atoms with Gasteiger partial charge in [0.05, 0.1) is 6.54 Å². The average molecular weight is 374 g/mol. The molecule has 1 aliphatic rings. The largest absolute Gasteiger partial charge is 0.355 e. The standard InChI is InChI=1S/C16H27N3O3S2/c1-14-7-3-4-10-19(14)11-6-9-17-15(20)13-18(2)24(21,22)16-8-5-12-23-16/h5,8,12,14H,3-4,6-7,9-11,13H2,1-2H3,(H,17,20). The summed E-state index contributed by atoms with van der Waals surface area (Å²) in [5.74, 6) is -0.260. The third kappa shape index (κ3) is 5.27. The third-order valence-electron chi connectivity index (χ3n) is 4.41. The number of nitrogens with zero attached hydrogens (tertiary/aromatic N) is 2. The van der Waals surface area contributed by atoms with Crippen LogP contribution in [0.3, 0.4) is 0 Å². The maximum Gasteiger partial charge on any atom is 0.252 e. The molecule has 1 aliphatic heterocycles. The number of nitrogens with one attached hydrogen (secondary N) is 1. The van der Waals surface area contributed by atoms with Gasteiger partial charge in [0.25, 0.3) is 10.0 Å². The zero-order chi connectivity index (χ0) is 17.6. The van der Waals surface area contributed by atoms with Crippen LogP contribution in [0.15, 0.2) is 21.7 Å². The van der Waals surface area contributed by atoms with E-state index in [9.17, 15) is 13.2 Å². The number of piperidine rings is 1. The second-order valence-electron chi connectivity index (χ2n) is 6.28. The number of hydrogen-bond acceptors (Lipinski definition) is 5. The molecule has 1 N–H and O–H groups in total. The summed E-state index contributed by atoms with van der Waals surface area (Å²) in [4.78, 5) is 14.4. The van der Waals surface area contributed by atoms with Crippen LogP contribution in [-0.4, -0.2) is 62.8 Å². The molecule has 0 aromatic carbocycles. The van der Waals surface area contributed by atoms with Crippen molar-refractivity contribution in [2.75, 3.05) is 33.2 Å². The van der Waals surface area contributed by atoms with Crippen molar-refractivity contribution in [3.8, 4) is 0 Å². The Morgan fingerprint density at radius 1 is 1.46 bits per heavy atom. The van der Waals surface area contributed by atoms with Gasteiger partial charge in [-0.15, -0.1) is 11.3 Å². The lowest BCUT2D eigenvalue weighted by molar-refractivity contribution is -0.121. The molecule has 8 heteroatoms. The Labute approximate surface area is 148 Å². The molecule has 1 aromatic rings. The van der Waals surface area contributed by atoms with Crippen molar-refractivity contribution in [1.29, 1.82) is 0 Å². The first-order valence-electron chi connectivity index (χ1n) is 8.42. The summed E-state index contributed by atoms with van der Waals surface area (Å²) in [6.07, 6.45) is 4.69. The molecule has 1 aromatic heterocycles. The fraction of sp³-hybridized carbons (Fsp3) is 0.688. The lowest BCUT2D eigenvalue weighted by Gasteiger charge is -2.33. The second kappa shape index (κ2) is 8.94. The number of carbonyl (C=O) groups excluding carboxylic acids is 1. The third-order valence-corrected chi connectivity index (χ3v) is 7.59. The van der Waals surface area contributed by atoms with E-state index in [0.717, 1.165) is 35.2 Å². The van der Waals surface area contributed by atoms with Crippen LogP contribution in [0.4, 0.5) is 0 Å². The molecular formula is C16H27N3O3S2. The smallest absolute Gasteiger partial charge is 0.252 e. The lowest BCUT2D eigenvalue weighted by Crippen LogP contribution is -2.41. The predicted molar refractivity (Wildman–Crippen MR) is 96.6 cm³/mol. The zero-order valence-corrected chi connectivity index (χ0v) is 16.0. The molecule has 0 saturated carbocycles. The van der Waals surface area contributed by atoms with Gasteiger partial charge in [-0.1, -0.05) is 12.5 Å². The normalized spacial score (nSPS) is 19.5. The molecule has 1 fully saturated rings. The van der Waals surface area contributed by atoms with Gasteiger partial charge < -0.3 is 10.2 Å². The molecule has 6 nitrogen and oxygen atoms in total. The van der Waals surface area contributed by atoms with Crippen molar-refractivity contribution in [1.82, 2.24) is 14.5 Å². The van der Waals surface area contributed by atoms with Crippen LogP contribution in [0.5, 0.6) is 0 Å². The summed E-state index contributed by atoms with van der Waals surface area (Å²) in [6.45, 7) is 4.79. The molecule has 24 heavy (non-hydrogen) atoms. The Bertz CT molecular complexity index is 617. The van der Waals surface area contributed by atoms with Crippen LogP contribution in [-0.2, 0) is 14.8 Å². The number of amides is 1. The topological polar surface area (TPSA) is 69.7 Å². The van der Waals surface area contributed by atoms with Gasteiger partial charge in [0, 0.05) is 26.2 Å². The van der Waals surface area contributed by atoms with Gasteiger partial charge in [0.2, 0.25) is 5.91 Å². The zero-order valence-electron chi connectivity index (χ0n) is 14.4. The van der Waals surface area contributed by atoms with E-state index in [1.54, 1.807) is 17.5 Å². The monoisotopic (exact) mass is 373 g/mol. The van der Waals surface area contributed by atoms with Gasteiger partial charge in [0.1, 0.15) is 4.21 Å². The number of likely N-dealkylation sites (tertiary alicyclic amines) is 1. The minimum absolute atomic E-state index is 0.152. The Balaban J connectivity index is 1.69. The molecule has 0 aliphatic carbocycles. The highest BCUT2D eigenvalue weighted by Crippen LogP contribution is 2.19. The summed E-state index contributed by atoms with van der Waals surface area (Å²) in [5, 5.41) is 4.53. The van der Waals surface area contributed by atoms with Crippen molar-refractivity contribution in [2.24, 2.45) is 0 Å². The minimum Gasteiger partial charge on any atom is -0.355 e. The molecule has 136 valence electrons. The summed E-state index contributed by atoms with van der Waals surface area (Å²) in [5.41, 5.74) is 0. The van der Waals surface area contributed by atoms with E-state index in [0.29, 0.717) is 12.6 Å². The number of likely N-dealkylation sites (N-methyl/N-ethyl adjacent to an activating group) is 1. The molecule has 1 unspecified atom stereocenters. The van der Waals surface area contributed by atoms with Crippen molar-refractivity contribution in [3.63, 3.8) is 0 Å². The van der Waals surface area contributed by atoms with Gasteiger partial charge in [-0.2, -0.15) is 4.31 Å². The van der Waals surface area contributed by atoms with Crippen LogP contribution < -0.4 is 5.32 Å². The second-order valence-corrected chi connectivity index (χ2v) is 9.50. The highest BCUT2D eigenvalue weighted by atomic mass is 32.2. The predicted octanol–water partition coefficient (Wildman–Crippen LogP) is 1.75. The molecule has 1 atom stereocenters. The minimum atomic E-state index is -3.56. The number of rotatable bonds is 8. The summed E-state index contributed by atoms with van der Waals surface area (Å²) in [6, 6.07) is 3.86. The first-order chi connectivity index (χ1) is 11.4. The molecule has 0 radical (unpaired) electrons. The fourth-order valence-corrected chi connectivity index (χ4v) is 5.23. The van der Waals surface area contributed by atoms with Gasteiger partial charge in [-0.05, 0) is 44.2 Å². The Kier molecular flexibility index (Phi) is 7.21. The van der Waals surface area contributed by atoms with Crippen LogP contribution in [0.1, 0.15) is 32.6 Å². The van der Waals surface area contributed by atoms with Gasteiger partial charge in [-0.25, -0.2) is 8.42 Å². The van der Waals surface area contributed by atoms with E-state index in [1.165, 1.54) is 26.3 Å². The molecular weight excluding hydrogens is 346 g/mol. The van der Waals surface area contributed by atoms with E-state index >= 15 is 0 Å². The van der Waals surface area contributed by atoms with E-state index in [2.05, 4.69) is 17.1 Å². The fourth-order valence-electron chi connectivity index (χ4n) is 2.91. The number of carbonyl (C=O) groups is 1. The SMILES string of the molecule is CC1CCCCN1CCCNC(=O)CN(C)S(=O)(=O)c1cccs1. The molecule has 2 heterocycles. The summed E-state index contributed by atoms with van der Waals surface area (Å²) < 4.78 is 25.9. The van der Waals surface area contributed by atoms with Gasteiger partial charge >= 0.3 is 0 Å². The highest BCUT2D eigenvalue weighted by Gasteiger charge is 2.23. The molecule has 1 saturated heterocycles. The maximum atomic E-state index is 12.3. The van der Waals surface area contributed by atoms with E-state index in [1.807, 2.05) is 0 Å². The Hall–Kier alpha value is -0.960. The first-order valence-corrected chi connectivity index (χ1v) is 10.7. The number of thiophene rings is 1. The quantitative estimate of drug-likeness (QED) is 0.705. The summed E-state index contributed by atoms with van der Waals surface area (Å²) in [7, 11) is -2.13. The van der Waals surface area contributed by atoms with E-state index in [4.69, 9.17) is 0 Å². The first kappa shape index (κ1) is 19.4. The molecule has 0 spiro atoms. The van der Waals surface area contributed by atoms with E-state index < -0.39 is 10.0 Å². The molecule has 2 rings (SSSR count). The molecule has 0 bridgehead atoms. The summed E-state index contributed by atoms with van der Waals surface area (Å²) >= 11 is 1.16. The number of sulfonamides is 1. The van der Waals surface area contributed by atoms with Crippen molar-refractivity contribution in [2.45, 2.75) is 42.9 Å². The van der Waals surface area contributed by atoms with Crippen LogP contribution in [0.2, 0.25) is 0 Å². The van der Waals surface area contributed by atoms with Crippen LogP contribution >= 0.6 is 11.3 Å². The average Bonchev–Trinajstić information content (AvgIpc) is 3.08. The van der Waals surface area contributed by atoms with Gasteiger partial charge in [0.15, 0.2) is 0 Å². The maximum absolute atomic E-state index is 12.3. The van der Waals surface area contributed by atoms with Crippen LogP contribution in [0.25, 0.3) is 0 Å². The van der Waals surface area contributed by atoms with E-state index in [-0.39, 0.29) is 16.7 Å². The number of hydrogen-bond donors (Lipinski definition) is 1. The van der Waals surface area contributed by atoms with Crippen molar-refractivity contribution < 1.29 is 13.2 Å².